The molecule has 0 saturated carbocycles. The van der Waals surface area contributed by atoms with Gasteiger partial charge in [-0.05, 0) is 23.3 Å². The van der Waals surface area contributed by atoms with E-state index in [2.05, 4.69) is 34.5 Å². The molecule has 0 atom stereocenters. The molecule has 1 amide bonds. The summed E-state index contributed by atoms with van der Waals surface area (Å²) < 4.78 is 5.37. The first-order chi connectivity index (χ1) is 11.3. The zero-order valence-electron chi connectivity index (χ0n) is 13.2. The number of carbonyl (C=O) groups excluding carboxylic acids is 1. The summed E-state index contributed by atoms with van der Waals surface area (Å²) in [6.45, 7) is 4.02. The van der Waals surface area contributed by atoms with Crippen molar-refractivity contribution in [1.29, 1.82) is 0 Å². The SMILES string of the molecule is O=C(Cc1ccccc1)NCc1ccc(N2CCOCC2)cc1. The Balaban J connectivity index is 1.49. The van der Waals surface area contributed by atoms with Crippen LogP contribution >= 0.6 is 0 Å². The van der Waals surface area contributed by atoms with E-state index in [1.165, 1.54) is 5.69 Å². The number of morpholine rings is 1. The normalized spacial score (nSPS) is 14.5. The zero-order valence-corrected chi connectivity index (χ0v) is 13.2. The molecule has 2 aromatic carbocycles. The van der Waals surface area contributed by atoms with Crippen molar-refractivity contribution in [3.8, 4) is 0 Å². The lowest BCUT2D eigenvalue weighted by atomic mass is 10.1. The fourth-order valence-corrected chi connectivity index (χ4v) is 2.69. The van der Waals surface area contributed by atoms with Gasteiger partial charge in [-0.3, -0.25) is 4.79 Å². The average Bonchev–Trinajstić information content (AvgIpc) is 2.62. The van der Waals surface area contributed by atoms with Gasteiger partial charge in [0.1, 0.15) is 0 Å². The van der Waals surface area contributed by atoms with Gasteiger partial charge < -0.3 is 15.0 Å². The first-order valence-corrected chi connectivity index (χ1v) is 8.03. The van der Waals surface area contributed by atoms with E-state index in [-0.39, 0.29) is 5.91 Å². The molecule has 0 spiro atoms. The zero-order chi connectivity index (χ0) is 15.9. The van der Waals surface area contributed by atoms with Gasteiger partial charge >= 0.3 is 0 Å². The first-order valence-electron chi connectivity index (χ1n) is 8.03. The van der Waals surface area contributed by atoms with Gasteiger partial charge in [-0.2, -0.15) is 0 Å². The summed E-state index contributed by atoms with van der Waals surface area (Å²) in [6, 6.07) is 18.2. The molecule has 1 heterocycles. The third kappa shape index (κ3) is 4.57. The Morgan fingerprint density at radius 3 is 2.35 bits per heavy atom. The average molecular weight is 310 g/mol. The Hall–Kier alpha value is -2.33. The van der Waals surface area contributed by atoms with Crippen LogP contribution in [0.3, 0.4) is 0 Å². The quantitative estimate of drug-likeness (QED) is 0.922. The monoisotopic (exact) mass is 310 g/mol. The highest BCUT2D eigenvalue weighted by molar-refractivity contribution is 5.78. The van der Waals surface area contributed by atoms with Crippen LogP contribution in [-0.2, 0) is 22.5 Å². The summed E-state index contributed by atoms with van der Waals surface area (Å²) >= 11 is 0. The minimum Gasteiger partial charge on any atom is -0.378 e. The number of benzene rings is 2. The van der Waals surface area contributed by atoms with Crippen LogP contribution in [0, 0.1) is 0 Å². The highest BCUT2D eigenvalue weighted by Crippen LogP contribution is 2.16. The maximum Gasteiger partial charge on any atom is 0.224 e. The number of carbonyl (C=O) groups is 1. The largest absolute Gasteiger partial charge is 0.378 e. The van der Waals surface area contributed by atoms with Crippen LogP contribution in [0.15, 0.2) is 54.6 Å². The minimum atomic E-state index is 0.0495. The molecule has 0 bridgehead atoms. The molecular formula is C19H22N2O2. The van der Waals surface area contributed by atoms with Crippen LogP contribution in [0.25, 0.3) is 0 Å². The van der Waals surface area contributed by atoms with Crippen molar-refractivity contribution in [2.45, 2.75) is 13.0 Å². The summed E-state index contributed by atoms with van der Waals surface area (Å²) in [4.78, 5) is 14.3. The van der Waals surface area contributed by atoms with Gasteiger partial charge in [-0.25, -0.2) is 0 Å². The van der Waals surface area contributed by atoms with Crippen molar-refractivity contribution in [3.63, 3.8) is 0 Å². The number of hydrogen-bond donors (Lipinski definition) is 1. The lowest BCUT2D eigenvalue weighted by Crippen LogP contribution is -2.36. The van der Waals surface area contributed by atoms with Crippen LogP contribution in [0.1, 0.15) is 11.1 Å². The molecule has 0 aliphatic carbocycles. The molecule has 1 aliphatic heterocycles. The fourth-order valence-electron chi connectivity index (χ4n) is 2.69. The lowest BCUT2D eigenvalue weighted by molar-refractivity contribution is -0.120. The summed E-state index contributed by atoms with van der Waals surface area (Å²) in [7, 11) is 0. The van der Waals surface area contributed by atoms with Gasteiger partial charge in [-0.15, -0.1) is 0 Å². The van der Waals surface area contributed by atoms with Crippen LogP contribution in [0.2, 0.25) is 0 Å². The van der Waals surface area contributed by atoms with Gasteiger partial charge in [-0.1, -0.05) is 42.5 Å². The van der Waals surface area contributed by atoms with Crippen molar-refractivity contribution in [3.05, 3.63) is 65.7 Å². The van der Waals surface area contributed by atoms with Crippen molar-refractivity contribution in [2.75, 3.05) is 31.2 Å². The van der Waals surface area contributed by atoms with Gasteiger partial charge in [0.25, 0.3) is 0 Å². The van der Waals surface area contributed by atoms with E-state index in [4.69, 9.17) is 4.74 Å². The topological polar surface area (TPSA) is 41.6 Å². The first kappa shape index (κ1) is 15.6. The van der Waals surface area contributed by atoms with Crippen molar-refractivity contribution < 1.29 is 9.53 Å². The van der Waals surface area contributed by atoms with Gasteiger partial charge in [0.2, 0.25) is 5.91 Å². The Kier molecular flexibility index (Phi) is 5.27. The number of nitrogens with zero attached hydrogens (tertiary/aromatic N) is 1. The second kappa shape index (κ2) is 7.79. The van der Waals surface area contributed by atoms with Crippen molar-refractivity contribution in [2.24, 2.45) is 0 Å². The molecule has 1 fully saturated rings. The summed E-state index contributed by atoms with van der Waals surface area (Å²) in [6.07, 6.45) is 0.423. The summed E-state index contributed by atoms with van der Waals surface area (Å²) in [5.74, 6) is 0.0495. The molecule has 4 nitrogen and oxygen atoms in total. The molecule has 0 aromatic heterocycles. The highest BCUT2D eigenvalue weighted by atomic mass is 16.5. The van der Waals surface area contributed by atoms with Crippen LogP contribution in [-0.4, -0.2) is 32.2 Å². The number of nitrogens with one attached hydrogen (secondary N) is 1. The van der Waals surface area contributed by atoms with Crippen LogP contribution < -0.4 is 10.2 Å². The standard InChI is InChI=1S/C19H22N2O2/c22-19(14-16-4-2-1-3-5-16)20-15-17-6-8-18(9-7-17)21-10-12-23-13-11-21/h1-9H,10-15H2,(H,20,22). The van der Waals surface area contributed by atoms with E-state index < -0.39 is 0 Å². The fraction of sp³-hybridized carbons (Fsp3) is 0.316. The second-order valence-electron chi connectivity index (χ2n) is 5.70. The number of ether oxygens (including phenoxy) is 1. The Bertz CT molecular complexity index is 620. The predicted octanol–water partition coefficient (Wildman–Crippen LogP) is 2.38. The predicted molar refractivity (Wildman–Crippen MR) is 91.5 cm³/mol. The lowest BCUT2D eigenvalue weighted by Gasteiger charge is -2.28. The number of hydrogen-bond acceptors (Lipinski definition) is 3. The van der Waals surface area contributed by atoms with Crippen LogP contribution in [0.4, 0.5) is 5.69 Å². The van der Waals surface area contributed by atoms with E-state index in [1.807, 2.05) is 30.3 Å². The molecule has 0 radical (unpaired) electrons. The minimum absolute atomic E-state index is 0.0495. The smallest absolute Gasteiger partial charge is 0.224 e. The van der Waals surface area contributed by atoms with Gasteiger partial charge in [0, 0.05) is 25.3 Å². The molecule has 4 heteroatoms. The Morgan fingerprint density at radius 2 is 1.65 bits per heavy atom. The van der Waals surface area contributed by atoms with Gasteiger partial charge in [0.05, 0.1) is 19.6 Å². The van der Waals surface area contributed by atoms with Crippen molar-refractivity contribution >= 4 is 11.6 Å². The third-order valence-electron chi connectivity index (χ3n) is 4.01. The van der Waals surface area contributed by atoms with Crippen LogP contribution in [0.5, 0.6) is 0 Å². The molecule has 23 heavy (non-hydrogen) atoms. The number of anilines is 1. The summed E-state index contributed by atoms with van der Waals surface area (Å²) in [5, 5.41) is 2.97. The third-order valence-corrected chi connectivity index (χ3v) is 4.01. The maximum atomic E-state index is 12.0. The van der Waals surface area contributed by atoms with E-state index >= 15 is 0 Å². The maximum absolute atomic E-state index is 12.0. The Morgan fingerprint density at radius 1 is 0.957 bits per heavy atom. The van der Waals surface area contributed by atoms with E-state index in [9.17, 15) is 4.79 Å². The highest BCUT2D eigenvalue weighted by Gasteiger charge is 2.10. The van der Waals surface area contributed by atoms with E-state index in [0.29, 0.717) is 13.0 Å². The molecule has 1 aliphatic rings. The molecule has 1 saturated heterocycles. The Labute approximate surface area is 137 Å². The van der Waals surface area contributed by atoms with Gasteiger partial charge in [0.15, 0.2) is 0 Å². The molecule has 3 rings (SSSR count). The molecular weight excluding hydrogens is 288 g/mol. The number of amides is 1. The molecule has 0 unspecified atom stereocenters. The molecule has 2 aromatic rings. The van der Waals surface area contributed by atoms with Crippen molar-refractivity contribution in [1.82, 2.24) is 5.32 Å². The second-order valence-corrected chi connectivity index (χ2v) is 5.70. The molecule has 120 valence electrons. The molecule has 1 N–H and O–H groups in total. The van der Waals surface area contributed by atoms with E-state index in [1.54, 1.807) is 0 Å². The summed E-state index contributed by atoms with van der Waals surface area (Å²) in [5.41, 5.74) is 3.36. The number of rotatable bonds is 5. The van der Waals surface area contributed by atoms with E-state index in [0.717, 1.165) is 37.4 Å².